The number of anilines is 1. The molecule has 0 amide bonds. The molecule has 0 unspecified atom stereocenters. The number of benzene rings is 1. The molecule has 1 aromatic heterocycles. The van der Waals surface area contributed by atoms with Gasteiger partial charge in [-0.25, -0.2) is 14.4 Å². The Morgan fingerprint density at radius 3 is 2.88 bits per heavy atom. The summed E-state index contributed by atoms with van der Waals surface area (Å²) >= 11 is 5.62. The van der Waals surface area contributed by atoms with Crippen LogP contribution in [-0.4, -0.2) is 9.97 Å². The van der Waals surface area contributed by atoms with Crippen molar-refractivity contribution in [2.24, 2.45) is 0 Å². The van der Waals surface area contributed by atoms with Crippen molar-refractivity contribution in [2.45, 2.75) is 6.61 Å². The van der Waals surface area contributed by atoms with Crippen LogP contribution in [0.25, 0.3) is 0 Å². The van der Waals surface area contributed by atoms with Crippen molar-refractivity contribution in [3.63, 3.8) is 0 Å². The van der Waals surface area contributed by atoms with Gasteiger partial charge in [0.05, 0.1) is 5.69 Å². The summed E-state index contributed by atoms with van der Waals surface area (Å²) in [6, 6.07) is 5.84. The van der Waals surface area contributed by atoms with Crippen LogP contribution >= 0.6 is 11.6 Å². The maximum atomic E-state index is 13.4. The van der Waals surface area contributed by atoms with Crippen LogP contribution in [0.4, 0.5) is 10.3 Å². The first-order chi connectivity index (χ1) is 8.15. The fraction of sp³-hybridized carbons (Fsp3) is 0.0909. The number of nitrogen functional groups attached to an aromatic ring is 1. The molecular weight excluding hydrogens is 245 g/mol. The van der Waals surface area contributed by atoms with Gasteiger partial charge < -0.3 is 10.5 Å². The Bertz CT molecular complexity index is 536. The smallest absolute Gasteiger partial charge is 0.220 e. The van der Waals surface area contributed by atoms with Crippen molar-refractivity contribution in [2.75, 3.05) is 5.73 Å². The van der Waals surface area contributed by atoms with Crippen molar-refractivity contribution in [3.8, 4) is 5.75 Å². The summed E-state index contributed by atoms with van der Waals surface area (Å²) in [5, 5.41) is 0.320. The Morgan fingerprint density at radius 2 is 2.18 bits per heavy atom. The first-order valence-electron chi connectivity index (χ1n) is 4.80. The third-order valence-electron chi connectivity index (χ3n) is 2.00. The molecule has 0 spiro atoms. The minimum Gasteiger partial charge on any atom is -0.484 e. The predicted octanol–water partition coefficient (Wildman–Crippen LogP) is 2.43. The van der Waals surface area contributed by atoms with Gasteiger partial charge in [0.15, 0.2) is 11.6 Å². The van der Waals surface area contributed by atoms with Crippen LogP contribution in [0.3, 0.4) is 0 Å². The summed E-state index contributed by atoms with van der Waals surface area (Å²) in [5.74, 6) is -0.242. The molecule has 0 radical (unpaired) electrons. The van der Waals surface area contributed by atoms with Crippen molar-refractivity contribution in [1.29, 1.82) is 0 Å². The molecule has 17 heavy (non-hydrogen) atoms. The lowest BCUT2D eigenvalue weighted by Crippen LogP contribution is -2.03. The summed E-state index contributed by atoms with van der Waals surface area (Å²) in [6.07, 6.45) is 1.51. The van der Waals surface area contributed by atoms with Crippen LogP contribution in [0.1, 0.15) is 5.69 Å². The number of rotatable bonds is 3. The van der Waals surface area contributed by atoms with Crippen LogP contribution in [0.5, 0.6) is 5.75 Å². The van der Waals surface area contributed by atoms with Crippen molar-refractivity contribution >= 4 is 17.5 Å². The van der Waals surface area contributed by atoms with Gasteiger partial charge in [-0.3, -0.25) is 0 Å². The van der Waals surface area contributed by atoms with Gasteiger partial charge in [-0.15, -0.1) is 0 Å². The van der Waals surface area contributed by atoms with Gasteiger partial charge in [-0.05, 0) is 24.3 Å². The van der Waals surface area contributed by atoms with Crippen LogP contribution in [-0.2, 0) is 6.61 Å². The molecule has 0 bridgehead atoms. The fourth-order valence-corrected chi connectivity index (χ4v) is 1.40. The molecular formula is C11H9ClFN3O. The van der Waals surface area contributed by atoms with E-state index in [1.165, 1.54) is 18.3 Å². The molecule has 0 aliphatic heterocycles. The SMILES string of the molecule is Nc1nccc(COc2ccc(Cl)cc2F)n1. The summed E-state index contributed by atoms with van der Waals surface area (Å²) in [6.45, 7) is 0.116. The van der Waals surface area contributed by atoms with Crippen LogP contribution in [0.2, 0.25) is 5.02 Å². The monoisotopic (exact) mass is 253 g/mol. The number of aromatic nitrogens is 2. The third kappa shape index (κ3) is 3.04. The van der Waals surface area contributed by atoms with E-state index in [-0.39, 0.29) is 18.3 Å². The van der Waals surface area contributed by atoms with Crippen molar-refractivity contribution < 1.29 is 9.13 Å². The molecule has 2 rings (SSSR count). The van der Waals surface area contributed by atoms with Gasteiger partial charge >= 0.3 is 0 Å². The van der Waals surface area contributed by atoms with Crippen molar-refractivity contribution in [1.82, 2.24) is 9.97 Å². The molecule has 2 aromatic rings. The van der Waals surface area contributed by atoms with E-state index in [4.69, 9.17) is 22.1 Å². The number of nitrogens with zero attached hydrogens (tertiary/aromatic N) is 2. The lowest BCUT2D eigenvalue weighted by Gasteiger charge is -2.06. The first kappa shape index (κ1) is 11.6. The van der Waals surface area contributed by atoms with E-state index < -0.39 is 5.82 Å². The van der Waals surface area contributed by atoms with E-state index in [1.807, 2.05) is 0 Å². The lowest BCUT2D eigenvalue weighted by atomic mass is 10.3. The van der Waals surface area contributed by atoms with Crippen LogP contribution < -0.4 is 10.5 Å². The molecule has 1 heterocycles. The highest BCUT2D eigenvalue weighted by Gasteiger charge is 2.05. The molecule has 0 aliphatic rings. The zero-order chi connectivity index (χ0) is 12.3. The largest absolute Gasteiger partial charge is 0.484 e. The summed E-state index contributed by atoms with van der Waals surface area (Å²) < 4.78 is 18.6. The van der Waals surface area contributed by atoms with Crippen molar-refractivity contribution in [3.05, 3.63) is 47.0 Å². The van der Waals surface area contributed by atoms with Gasteiger partial charge in [0.1, 0.15) is 6.61 Å². The van der Waals surface area contributed by atoms with E-state index in [0.29, 0.717) is 10.7 Å². The second-order valence-electron chi connectivity index (χ2n) is 3.27. The van der Waals surface area contributed by atoms with E-state index in [9.17, 15) is 4.39 Å². The predicted molar refractivity (Wildman–Crippen MR) is 62.2 cm³/mol. The minimum atomic E-state index is -0.514. The number of hydrogen-bond donors (Lipinski definition) is 1. The van der Waals surface area contributed by atoms with Gasteiger partial charge in [-0.2, -0.15) is 0 Å². The average Bonchev–Trinajstić information content (AvgIpc) is 2.28. The summed E-state index contributed by atoms with van der Waals surface area (Å²) in [4.78, 5) is 7.67. The van der Waals surface area contributed by atoms with Gasteiger partial charge in [0, 0.05) is 11.2 Å². The molecule has 88 valence electrons. The van der Waals surface area contributed by atoms with E-state index in [1.54, 1.807) is 12.1 Å². The molecule has 0 fully saturated rings. The number of hydrogen-bond acceptors (Lipinski definition) is 4. The highest BCUT2D eigenvalue weighted by molar-refractivity contribution is 6.30. The molecule has 0 saturated heterocycles. The maximum Gasteiger partial charge on any atom is 0.220 e. The molecule has 2 N–H and O–H groups in total. The van der Waals surface area contributed by atoms with Crippen LogP contribution in [0, 0.1) is 5.82 Å². The van der Waals surface area contributed by atoms with E-state index >= 15 is 0 Å². The minimum absolute atomic E-state index is 0.116. The lowest BCUT2D eigenvalue weighted by molar-refractivity contribution is 0.286. The quantitative estimate of drug-likeness (QED) is 0.913. The second kappa shape index (κ2) is 4.97. The topological polar surface area (TPSA) is 61.0 Å². The highest BCUT2D eigenvalue weighted by atomic mass is 35.5. The molecule has 4 nitrogen and oxygen atoms in total. The maximum absolute atomic E-state index is 13.4. The highest BCUT2D eigenvalue weighted by Crippen LogP contribution is 2.21. The van der Waals surface area contributed by atoms with Gasteiger partial charge in [-0.1, -0.05) is 11.6 Å². The molecule has 1 aromatic carbocycles. The Morgan fingerprint density at radius 1 is 1.35 bits per heavy atom. The standard InChI is InChI=1S/C11H9ClFN3O/c12-7-1-2-10(9(13)5-7)17-6-8-3-4-15-11(14)16-8/h1-5H,6H2,(H2,14,15,16). The van der Waals surface area contributed by atoms with E-state index in [0.717, 1.165) is 0 Å². The average molecular weight is 254 g/mol. The molecule has 6 heteroatoms. The first-order valence-corrected chi connectivity index (χ1v) is 5.18. The number of halogens is 2. The van der Waals surface area contributed by atoms with Crippen LogP contribution in [0.15, 0.2) is 30.5 Å². The normalized spacial score (nSPS) is 10.2. The Hall–Kier alpha value is -1.88. The third-order valence-corrected chi connectivity index (χ3v) is 2.24. The van der Waals surface area contributed by atoms with E-state index in [2.05, 4.69) is 9.97 Å². The second-order valence-corrected chi connectivity index (χ2v) is 3.71. The number of ether oxygens (including phenoxy) is 1. The Balaban J connectivity index is 2.07. The van der Waals surface area contributed by atoms with Gasteiger partial charge in [0.25, 0.3) is 0 Å². The fourth-order valence-electron chi connectivity index (χ4n) is 1.24. The Kier molecular flexibility index (Phi) is 3.39. The molecule has 0 atom stereocenters. The van der Waals surface area contributed by atoms with Gasteiger partial charge in [0.2, 0.25) is 5.95 Å². The Labute approximate surface area is 102 Å². The summed E-state index contributed by atoms with van der Waals surface area (Å²) in [5.41, 5.74) is 5.98. The molecule has 0 aliphatic carbocycles. The molecule has 0 saturated carbocycles. The summed E-state index contributed by atoms with van der Waals surface area (Å²) in [7, 11) is 0. The zero-order valence-corrected chi connectivity index (χ0v) is 9.49. The number of nitrogens with two attached hydrogens (primary N) is 1. The zero-order valence-electron chi connectivity index (χ0n) is 8.73.